The molecule has 0 radical (unpaired) electrons. The number of piperazine rings is 1. The maximum atomic E-state index is 13.1. The van der Waals surface area contributed by atoms with Crippen molar-refractivity contribution in [1.29, 1.82) is 0 Å². The topological polar surface area (TPSA) is 79.4 Å². The molecule has 134 valence electrons. The van der Waals surface area contributed by atoms with Crippen molar-refractivity contribution in [3.63, 3.8) is 0 Å². The molecule has 0 aliphatic carbocycles. The van der Waals surface area contributed by atoms with E-state index in [9.17, 15) is 13.2 Å². The van der Waals surface area contributed by atoms with Gasteiger partial charge in [-0.25, -0.2) is 8.42 Å². The molecule has 2 heterocycles. The van der Waals surface area contributed by atoms with Gasteiger partial charge in [-0.2, -0.15) is 4.31 Å². The molecule has 6 nitrogen and oxygen atoms in total. The Kier molecular flexibility index (Phi) is 6.29. The third kappa shape index (κ3) is 4.07. The zero-order valence-corrected chi connectivity index (χ0v) is 15.4. The van der Waals surface area contributed by atoms with Crippen molar-refractivity contribution in [3.05, 3.63) is 59.9 Å². The average molecular weight is 382 g/mol. The van der Waals surface area contributed by atoms with Crippen molar-refractivity contribution in [2.24, 2.45) is 0 Å². The highest BCUT2D eigenvalue weighted by Crippen LogP contribution is 2.28. The Morgan fingerprint density at radius 2 is 2.08 bits per heavy atom. The highest BCUT2D eigenvalue weighted by Gasteiger charge is 2.34. The number of hydrogen-bond donors (Lipinski definition) is 1. The summed E-state index contributed by atoms with van der Waals surface area (Å²) >= 11 is 0. The van der Waals surface area contributed by atoms with E-state index < -0.39 is 10.0 Å². The van der Waals surface area contributed by atoms with Gasteiger partial charge in [0.05, 0.1) is 10.9 Å². The van der Waals surface area contributed by atoms with Gasteiger partial charge in [-0.05, 0) is 30.7 Å². The maximum absolute atomic E-state index is 13.1. The van der Waals surface area contributed by atoms with Crippen LogP contribution in [0.4, 0.5) is 0 Å². The molecule has 1 fully saturated rings. The van der Waals surface area contributed by atoms with Crippen LogP contribution in [0.3, 0.4) is 0 Å². The Balaban J connectivity index is 0.00000225. The fourth-order valence-corrected chi connectivity index (χ4v) is 4.50. The summed E-state index contributed by atoms with van der Waals surface area (Å²) < 4.78 is 27.7. The van der Waals surface area contributed by atoms with E-state index in [-0.39, 0.29) is 29.1 Å². The van der Waals surface area contributed by atoms with Crippen molar-refractivity contribution in [3.8, 4) is 0 Å². The lowest BCUT2D eigenvalue weighted by atomic mass is 10.1. The lowest BCUT2D eigenvalue weighted by Gasteiger charge is -2.35. The van der Waals surface area contributed by atoms with Crippen LogP contribution in [-0.4, -0.2) is 43.1 Å². The molecule has 1 aromatic heterocycles. The van der Waals surface area contributed by atoms with Crippen LogP contribution in [0.5, 0.6) is 0 Å². The van der Waals surface area contributed by atoms with E-state index in [1.807, 2.05) is 6.07 Å². The van der Waals surface area contributed by atoms with E-state index in [0.717, 1.165) is 5.56 Å². The number of carbonyl (C=O) groups is 1. The molecule has 8 heteroatoms. The predicted octanol–water partition coefficient (Wildman–Crippen LogP) is 2.04. The summed E-state index contributed by atoms with van der Waals surface area (Å²) in [5, 5.41) is 3.23. The van der Waals surface area contributed by atoms with Crippen LogP contribution in [-0.2, 0) is 10.0 Å². The van der Waals surface area contributed by atoms with Gasteiger partial charge in [0, 0.05) is 37.6 Å². The quantitative estimate of drug-likeness (QED) is 0.820. The van der Waals surface area contributed by atoms with E-state index in [2.05, 4.69) is 10.3 Å². The van der Waals surface area contributed by atoms with E-state index in [4.69, 9.17) is 0 Å². The highest BCUT2D eigenvalue weighted by molar-refractivity contribution is 7.89. The second kappa shape index (κ2) is 8.05. The third-order valence-corrected chi connectivity index (χ3v) is 6.01. The first-order valence-electron chi connectivity index (χ1n) is 7.73. The first-order chi connectivity index (χ1) is 11.5. The standard InChI is InChI=1S/C17H19N3O3S.ClH/c1-13(21)14-4-2-6-16(10-14)24(22,23)20-9-8-19-12-17(20)15-5-3-7-18-11-15;/h2-7,10-11,17,19H,8-9,12H2,1H3;1H. The lowest BCUT2D eigenvalue weighted by Crippen LogP contribution is -2.48. The fourth-order valence-electron chi connectivity index (χ4n) is 2.84. The maximum Gasteiger partial charge on any atom is 0.243 e. The van der Waals surface area contributed by atoms with Crippen LogP contribution in [0.15, 0.2) is 53.7 Å². The number of hydrogen-bond acceptors (Lipinski definition) is 5. The van der Waals surface area contributed by atoms with Gasteiger partial charge in [-0.1, -0.05) is 18.2 Å². The molecule has 1 unspecified atom stereocenters. The van der Waals surface area contributed by atoms with Crippen molar-refractivity contribution < 1.29 is 13.2 Å². The Morgan fingerprint density at radius 1 is 1.28 bits per heavy atom. The van der Waals surface area contributed by atoms with Crippen LogP contribution in [0.1, 0.15) is 28.9 Å². The number of halogens is 1. The molecule has 0 spiro atoms. The monoisotopic (exact) mass is 381 g/mol. The first-order valence-corrected chi connectivity index (χ1v) is 9.17. The van der Waals surface area contributed by atoms with Crippen LogP contribution in [0.2, 0.25) is 0 Å². The van der Waals surface area contributed by atoms with Crippen LogP contribution in [0.25, 0.3) is 0 Å². The number of aromatic nitrogens is 1. The molecule has 1 aliphatic rings. The summed E-state index contributed by atoms with van der Waals surface area (Å²) in [5.74, 6) is -0.156. The summed E-state index contributed by atoms with van der Waals surface area (Å²) in [6, 6.07) is 9.55. The van der Waals surface area contributed by atoms with Crippen molar-refractivity contribution in [2.45, 2.75) is 17.9 Å². The van der Waals surface area contributed by atoms with E-state index in [1.54, 1.807) is 30.6 Å². The Hall–Kier alpha value is -1.80. The van der Waals surface area contributed by atoms with Crippen molar-refractivity contribution in [2.75, 3.05) is 19.6 Å². The smallest absolute Gasteiger partial charge is 0.243 e. The molecule has 2 aromatic rings. The molecule has 1 aliphatic heterocycles. The number of rotatable bonds is 4. The zero-order valence-electron chi connectivity index (χ0n) is 13.8. The minimum Gasteiger partial charge on any atom is -0.313 e. The zero-order chi connectivity index (χ0) is 17.2. The molecular formula is C17H20ClN3O3S. The van der Waals surface area contributed by atoms with E-state index in [1.165, 1.54) is 23.4 Å². The minimum absolute atomic E-state index is 0. The number of Topliss-reactive ketones (excluding diaryl/α,β-unsaturated/α-hetero) is 1. The normalized spacial score (nSPS) is 18.4. The SMILES string of the molecule is CC(=O)c1cccc(S(=O)(=O)N2CCNCC2c2cccnc2)c1.Cl. The Morgan fingerprint density at radius 3 is 2.76 bits per heavy atom. The molecule has 25 heavy (non-hydrogen) atoms. The average Bonchev–Trinajstić information content (AvgIpc) is 2.62. The Labute approximate surface area is 153 Å². The van der Waals surface area contributed by atoms with Crippen LogP contribution >= 0.6 is 12.4 Å². The van der Waals surface area contributed by atoms with Crippen molar-refractivity contribution >= 4 is 28.2 Å². The number of pyridine rings is 1. The number of sulfonamides is 1. The summed E-state index contributed by atoms with van der Waals surface area (Å²) in [4.78, 5) is 15.8. The molecule has 1 N–H and O–H groups in total. The van der Waals surface area contributed by atoms with Gasteiger partial charge in [-0.15, -0.1) is 12.4 Å². The molecule has 0 saturated carbocycles. The van der Waals surface area contributed by atoms with E-state index in [0.29, 0.717) is 25.2 Å². The molecule has 0 amide bonds. The fraction of sp³-hybridized carbons (Fsp3) is 0.294. The van der Waals surface area contributed by atoms with Gasteiger partial charge in [0.25, 0.3) is 0 Å². The van der Waals surface area contributed by atoms with Crippen LogP contribution in [0, 0.1) is 0 Å². The molecule has 0 bridgehead atoms. The Bertz CT molecular complexity index is 843. The van der Waals surface area contributed by atoms with Gasteiger partial charge >= 0.3 is 0 Å². The summed E-state index contributed by atoms with van der Waals surface area (Å²) in [6.45, 7) is 2.90. The second-order valence-electron chi connectivity index (χ2n) is 5.71. The summed E-state index contributed by atoms with van der Waals surface area (Å²) in [6.07, 6.45) is 3.35. The minimum atomic E-state index is -3.70. The number of benzene rings is 1. The first kappa shape index (κ1) is 19.5. The second-order valence-corrected chi connectivity index (χ2v) is 7.60. The van der Waals surface area contributed by atoms with Crippen molar-refractivity contribution in [1.82, 2.24) is 14.6 Å². The number of nitrogens with one attached hydrogen (secondary N) is 1. The number of nitrogens with zero attached hydrogens (tertiary/aromatic N) is 2. The highest BCUT2D eigenvalue weighted by atomic mass is 35.5. The third-order valence-electron chi connectivity index (χ3n) is 4.11. The lowest BCUT2D eigenvalue weighted by molar-refractivity contribution is 0.101. The number of carbonyl (C=O) groups excluding carboxylic acids is 1. The predicted molar refractivity (Wildman–Crippen MR) is 97.4 cm³/mol. The van der Waals surface area contributed by atoms with Gasteiger partial charge < -0.3 is 5.32 Å². The molecule has 1 atom stereocenters. The summed E-state index contributed by atoms with van der Waals surface area (Å²) in [5.41, 5.74) is 1.24. The number of ketones is 1. The molecule has 1 saturated heterocycles. The van der Waals surface area contributed by atoms with Crippen LogP contribution < -0.4 is 5.32 Å². The van der Waals surface area contributed by atoms with Gasteiger partial charge in [0.1, 0.15) is 0 Å². The largest absolute Gasteiger partial charge is 0.313 e. The molecule has 1 aromatic carbocycles. The van der Waals surface area contributed by atoms with E-state index >= 15 is 0 Å². The van der Waals surface area contributed by atoms with Gasteiger partial charge in [-0.3, -0.25) is 9.78 Å². The molecular weight excluding hydrogens is 362 g/mol. The van der Waals surface area contributed by atoms with Gasteiger partial charge in [0.2, 0.25) is 10.0 Å². The molecule has 3 rings (SSSR count). The van der Waals surface area contributed by atoms with Gasteiger partial charge in [0.15, 0.2) is 5.78 Å². The summed E-state index contributed by atoms with van der Waals surface area (Å²) in [7, 11) is -3.70.